The second-order valence-electron chi connectivity index (χ2n) is 6.74. The van der Waals surface area contributed by atoms with Gasteiger partial charge in [-0.25, -0.2) is 13.8 Å². The van der Waals surface area contributed by atoms with Crippen molar-refractivity contribution >= 4 is 23.3 Å². The first-order valence-electron chi connectivity index (χ1n) is 9.31. The Labute approximate surface area is 170 Å². The van der Waals surface area contributed by atoms with E-state index < -0.39 is 17.5 Å². The van der Waals surface area contributed by atoms with Crippen LogP contribution in [0.1, 0.15) is 20.9 Å². The number of aromatic nitrogens is 1. The number of anilines is 2. The van der Waals surface area contributed by atoms with Crippen LogP contribution >= 0.6 is 0 Å². The Kier molecular flexibility index (Phi) is 5.42. The summed E-state index contributed by atoms with van der Waals surface area (Å²) in [5.41, 5.74) is 0.136. The fourth-order valence-electron chi connectivity index (χ4n) is 3.21. The van der Waals surface area contributed by atoms with Crippen molar-refractivity contribution in [2.45, 2.75) is 0 Å². The quantitative estimate of drug-likeness (QED) is 0.712. The third-order valence-electron chi connectivity index (χ3n) is 4.80. The van der Waals surface area contributed by atoms with Crippen LogP contribution < -0.4 is 10.2 Å². The molecule has 0 radical (unpaired) electrons. The van der Waals surface area contributed by atoms with Gasteiger partial charge in [0.25, 0.3) is 11.8 Å². The summed E-state index contributed by atoms with van der Waals surface area (Å²) in [6.45, 7) is 2.27. The van der Waals surface area contributed by atoms with Gasteiger partial charge in [-0.05, 0) is 36.4 Å². The summed E-state index contributed by atoms with van der Waals surface area (Å²) in [6, 6.07) is 9.48. The molecule has 30 heavy (non-hydrogen) atoms. The average Bonchev–Trinajstić information content (AvgIpc) is 3.29. The third kappa shape index (κ3) is 4.14. The third-order valence-corrected chi connectivity index (χ3v) is 4.80. The minimum Gasteiger partial charge on any atom is -0.459 e. The fourth-order valence-corrected chi connectivity index (χ4v) is 3.21. The largest absolute Gasteiger partial charge is 0.459 e. The summed E-state index contributed by atoms with van der Waals surface area (Å²) in [4.78, 5) is 32.6. The number of halogens is 2. The molecule has 0 spiro atoms. The molecule has 0 unspecified atom stereocenters. The molecule has 0 saturated carbocycles. The molecular weight excluding hydrogens is 394 g/mol. The first-order valence-corrected chi connectivity index (χ1v) is 9.31. The van der Waals surface area contributed by atoms with Gasteiger partial charge in [-0.1, -0.05) is 0 Å². The van der Waals surface area contributed by atoms with Crippen molar-refractivity contribution in [3.05, 3.63) is 77.9 Å². The Morgan fingerprint density at radius 3 is 2.47 bits per heavy atom. The summed E-state index contributed by atoms with van der Waals surface area (Å²) < 4.78 is 31.9. The zero-order valence-electron chi connectivity index (χ0n) is 15.8. The lowest BCUT2D eigenvalue weighted by atomic mass is 10.2. The van der Waals surface area contributed by atoms with E-state index in [4.69, 9.17) is 4.42 Å². The molecule has 1 fully saturated rings. The van der Waals surface area contributed by atoms with Gasteiger partial charge in [0.1, 0.15) is 17.5 Å². The molecule has 4 rings (SSSR count). The number of furan rings is 1. The SMILES string of the molecule is O=C(Nc1ccc(N2CCN(C(=O)c3ccco3)CC2)nc1)c1ccc(F)cc1F. The summed E-state index contributed by atoms with van der Waals surface area (Å²) in [6.07, 6.45) is 2.94. The first-order chi connectivity index (χ1) is 14.5. The highest BCUT2D eigenvalue weighted by Gasteiger charge is 2.24. The smallest absolute Gasteiger partial charge is 0.289 e. The van der Waals surface area contributed by atoms with Crippen LogP contribution in [0.25, 0.3) is 0 Å². The van der Waals surface area contributed by atoms with Crippen molar-refractivity contribution in [3.8, 4) is 0 Å². The highest BCUT2D eigenvalue weighted by Crippen LogP contribution is 2.18. The lowest BCUT2D eigenvalue weighted by Gasteiger charge is -2.35. The molecule has 2 aromatic heterocycles. The van der Waals surface area contributed by atoms with Crippen LogP contribution in [0.4, 0.5) is 20.3 Å². The monoisotopic (exact) mass is 412 g/mol. The summed E-state index contributed by atoms with van der Waals surface area (Å²) in [5.74, 6) is -1.49. The first kappa shape index (κ1) is 19.6. The van der Waals surface area contributed by atoms with Crippen molar-refractivity contribution in [1.29, 1.82) is 0 Å². The highest BCUT2D eigenvalue weighted by atomic mass is 19.1. The lowest BCUT2D eigenvalue weighted by molar-refractivity contribution is 0.0714. The topological polar surface area (TPSA) is 78.7 Å². The van der Waals surface area contributed by atoms with Crippen LogP contribution in [0.3, 0.4) is 0 Å². The van der Waals surface area contributed by atoms with Gasteiger partial charge in [-0.15, -0.1) is 0 Å². The molecule has 0 aliphatic carbocycles. The second-order valence-corrected chi connectivity index (χ2v) is 6.74. The van der Waals surface area contributed by atoms with E-state index in [1.54, 1.807) is 29.2 Å². The number of benzene rings is 1. The number of nitrogens with zero attached hydrogens (tertiary/aromatic N) is 3. The second kappa shape index (κ2) is 8.32. The van der Waals surface area contributed by atoms with Gasteiger partial charge in [-0.2, -0.15) is 0 Å². The van der Waals surface area contributed by atoms with Crippen molar-refractivity contribution in [2.75, 3.05) is 36.4 Å². The van der Waals surface area contributed by atoms with Crippen LogP contribution in [0.2, 0.25) is 0 Å². The number of carbonyl (C=O) groups is 2. The number of pyridine rings is 1. The Bertz CT molecular complexity index is 1050. The molecule has 154 valence electrons. The van der Waals surface area contributed by atoms with E-state index in [0.717, 1.165) is 12.1 Å². The molecule has 7 nitrogen and oxygen atoms in total. The summed E-state index contributed by atoms with van der Waals surface area (Å²) in [7, 11) is 0. The number of piperazine rings is 1. The maximum absolute atomic E-state index is 13.7. The van der Waals surface area contributed by atoms with Crippen molar-refractivity contribution in [2.24, 2.45) is 0 Å². The molecule has 3 heterocycles. The van der Waals surface area contributed by atoms with Gasteiger partial charge < -0.3 is 19.5 Å². The fraction of sp³-hybridized carbons (Fsp3) is 0.190. The number of amides is 2. The molecule has 0 atom stereocenters. The molecule has 1 N–H and O–H groups in total. The Morgan fingerprint density at radius 1 is 1.03 bits per heavy atom. The van der Waals surface area contributed by atoms with Gasteiger partial charge in [0.2, 0.25) is 0 Å². The van der Waals surface area contributed by atoms with Gasteiger partial charge in [0.15, 0.2) is 5.76 Å². The zero-order chi connectivity index (χ0) is 21.1. The van der Waals surface area contributed by atoms with Gasteiger partial charge in [-0.3, -0.25) is 9.59 Å². The van der Waals surface area contributed by atoms with E-state index in [9.17, 15) is 18.4 Å². The van der Waals surface area contributed by atoms with Crippen LogP contribution in [-0.4, -0.2) is 47.9 Å². The summed E-state index contributed by atoms with van der Waals surface area (Å²) in [5, 5.41) is 2.54. The van der Waals surface area contributed by atoms with E-state index >= 15 is 0 Å². The highest BCUT2D eigenvalue weighted by molar-refractivity contribution is 6.04. The standard InChI is InChI=1S/C21H18F2N4O3/c22-14-3-5-16(17(23)12-14)20(28)25-15-4-6-19(24-13-15)26-7-9-27(10-8-26)21(29)18-2-1-11-30-18/h1-6,11-13H,7-10H2,(H,25,28). The van der Waals surface area contributed by atoms with E-state index in [1.165, 1.54) is 12.5 Å². The average molecular weight is 412 g/mol. The maximum atomic E-state index is 13.7. The normalized spacial score (nSPS) is 13.9. The predicted octanol–water partition coefficient (Wildman–Crippen LogP) is 3.17. The molecule has 0 bridgehead atoms. The molecule has 1 aliphatic heterocycles. The minimum atomic E-state index is -0.931. The van der Waals surface area contributed by atoms with Crippen molar-refractivity contribution in [1.82, 2.24) is 9.88 Å². The Morgan fingerprint density at radius 2 is 1.83 bits per heavy atom. The van der Waals surface area contributed by atoms with E-state index in [1.807, 2.05) is 4.90 Å². The zero-order valence-corrected chi connectivity index (χ0v) is 15.8. The van der Waals surface area contributed by atoms with E-state index in [-0.39, 0.29) is 11.5 Å². The van der Waals surface area contributed by atoms with Gasteiger partial charge in [0, 0.05) is 32.2 Å². The van der Waals surface area contributed by atoms with E-state index in [2.05, 4.69) is 10.3 Å². The summed E-state index contributed by atoms with van der Waals surface area (Å²) >= 11 is 0. The number of hydrogen-bond donors (Lipinski definition) is 1. The van der Waals surface area contributed by atoms with Crippen LogP contribution in [-0.2, 0) is 0 Å². The number of nitrogens with one attached hydrogen (secondary N) is 1. The maximum Gasteiger partial charge on any atom is 0.289 e. The van der Waals surface area contributed by atoms with Crippen LogP contribution in [0.15, 0.2) is 59.3 Å². The molecule has 1 aliphatic rings. The van der Waals surface area contributed by atoms with Crippen molar-refractivity contribution < 1.29 is 22.8 Å². The van der Waals surface area contributed by atoms with Crippen LogP contribution in [0.5, 0.6) is 0 Å². The van der Waals surface area contributed by atoms with Gasteiger partial charge >= 0.3 is 0 Å². The lowest BCUT2D eigenvalue weighted by Crippen LogP contribution is -2.49. The molecule has 3 aromatic rings. The Hall–Kier alpha value is -3.75. The number of hydrogen-bond acceptors (Lipinski definition) is 5. The number of carbonyl (C=O) groups excluding carboxylic acids is 2. The van der Waals surface area contributed by atoms with E-state index in [0.29, 0.717) is 49.5 Å². The molecular formula is C21H18F2N4O3. The Balaban J connectivity index is 1.35. The molecule has 9 heteroatoms. The van der Waals surface area contributed by atoms with Crippen LogP contribution in [0, 0.1) is 11.6 Å². The molecule has 2 amide bonds. The van der Waals surface area contributed by atoms with Gasteiger partial charge in [0.05, 0.1) is 23.7 Å². The minimum absolute atomic E-state index is 0.140. The predicted molar refractivity (Wildman–Crippen MR) is 105 cm³/mol. The molecule has 1 saturated heterocycles. The molecule has 1 aromatic carbocycles. The number of rotatable bonds is 4. The van der Waals surface area contributed by atoms with Crippen molar-refractivity contribution in [3.63, 3.8) is 0 Å².